The molecule has 25 heavy (non-hydrogen) atoms. The van der Waals surface area contributed by atoms with E-state index in [0.29, 0.717) is 0 Å². The Kier molecular flexibility index (Phi) is 6.19. The summed E-state index contributed by atoms with van der Waals surface area (Å²) >= 11 is 3.40. The number of carbonyl (C=O) groups is 2. The number of hydrogen-bond donors (Lipinski definition) is 1. The largest absolute Gasteiger partial charge is 0.351 e. The van der Waals surface area contributed by atoms with E-state index in [4.69, 9.17) is 0 Å². The van der Waals surface area contributed by atoms with Crippen LogP contribution in [0.3, 0.4) is 0 Å². The normalized spacial score (nSPS) is 11.0. The lowest BCUT2D eigenvalue weighted by atomic mass is 10.1. The molecule has 0 aliphatic carbocycles. The number of amides is 1. The Balaban J connectivity index is 1.94. The van der Waals surface area contributed by atoms with Gasteiger partial charge in [0.15, 0.2) is 5.78 Å². The number of nitrogens with one attached hydrogen (secondary N) is 1. The first-order valence-electron chi connectivity index (χ1n) is 8.09. The Morgan fingerprint density at radius 3 is 2.40 bits per heavy atom. The first-order valence-corrected chi connectivity index (χ1v) is 8.89. The molecule has 0 saturated heterocycles. The van der Waals surface area contributed by atoms with Gasteiger partial charge in [-0.2, -0.15) is 0 Å². The predicted octanol–water partition coefficient (Wildman–Crippen LogP) is 3.47. The fourth-order valence-electron chi connectivity index (χ4n) is 2.73. The van der Waals surface area contributed by atoms with E-state index < -0.39 is 0 Å². The summed E-state index contributed by atoms with van der Waals surface area (Å²) in [5.74, 6) is -0.113. The monoisotopic (exact) mass is 405 g/mol. The maximum absolute atomic E-state index is 12.5. The van der Waals surface area contributed by atoms with Crippen LogP contribution in [0.5, 0.6) is 0 Å². The van der Waals surface area contributed by atoms with Crippen molar-refractivity contribution in [3.63, 3.8) is 0 Å². The Morgan fingerprint density at radius 2 is 1.84 bits per heavy atom. The van der Waals surface area contributed by atoms with Gasteiger partial charge in [0.25, 0.3) is 0 Å². The van der Waals surface area contributed by atoms with Gasteiger partial charge >= 0.3 is 0 Å². The van der Waals surface area contributed by atoms with Gasteiger partial charge in [0.05, 0.1) is 13.1 Å². The van der Waals surface area contributed by atoms with Crippen molar-refractivity contribution in [3.05, 3.63) is 51.3 Å². The Hall–Kier alpha value is -1.92. The molecule has 1 N–H and O–H groups in total. The molecule has 0 spiro atoms. The summed E-state index contributed by atoms with van der Waals surface area (Å²) in [5, 5.41) is 2.89. The molecular formula is C19H24BrN3O2. The first kappa shape index (κ1) is 19.4. The van der Waals surface area contributed by atoms with Crippen LogP contribution >= 0.6 is 15.9 Å². The highest BCUT2D eigenvalue weighted by Crippen LogP contribution is 2.20. The van der Waals surface area contributed by atoms with Gasteiger partial charge in [-0.05, 0) is 57.6 Å². The fraction of sp³-hybridized carbons (Fsp3) is 0.368. The number of likely N-dealkylation sites (N-methyl/N-ethyl adjacent to an activating group) is 1. The van der Waals surface area contributed by atoms with Crippen molar-refractivity contribution >= 4 is 33.3 Å². The zero-order chi connectivity index (χ0) is 18.7. The number of Topliss-reactive ketones (excluding diaryl/α,β-unsaturated/α-hetero) is 1. The number of benzene rings is 1. The molecule has 0 atom stereocenters. The molecule has 134 valence electrons. The van der Waals surface area contributed by atoms with E-state index in [2.05, 4.69) is 21.2 Å². The molecule has 0 saturated carbocycles. The van der Waals surface area contributed by atoms with Crippen LogP contribution in [-0.2, 0) is 11.8 Å². The second-order valence-corrected chi connectivity index (χ2v) is 7.36. The second kappa shape index (κ2) is 7.97. The van der Waals surface area contributed by atoms with Crippen molar-refractivity contribution in [2.75, 3.05) is 25.5 Å². The fourth-order valence-corrected chi connectivity index (χ4v) is 3.20. The minimum atomic E-state index is -0.137. The number of aromatic nitrogens is 1. The summed E-state index contributed by atoms with van der Waals surface area (Å²) in [4.78, 5) is 26.4. The zero-order valence-corrected chi connectivity index (χ0v) is 16.9. The van der Waals surface area contributed by atoms with Gasteiger partial charge in [0, 0.05) is 34.2 Å². The number of nitrogens with zero attached hydrogens (tertiary/aromatic N) is 2. The number of halogens is 1. The quantitative estimate of drug-likeness (QED) is 0.748. The van der Waals surface area contributed by atoms with Gasteiger partial charge in [0.2, 0.25) is 5.91 Å². The van der Waals surface area contributed by atoms with E-state index in [-0.39, 0.29) is 24.8 Å². The van der Waals surface area contributed by atoms with Gasteiger partial charge in [-0.3, -0.25) is 14.5 Å². The number of anilines is 1. The van der Waals surface area contributed by atoms with Crippen LogP contribution in [0.15, 0.2) is 28.7 Å². The van der Waals surface area contributed by atoms with E-state index in [0.717, 1.165) is 32.7 Å². The SMILES string of the molecule is Cc1cc(Br)ccc1NC(=O)CN(C)CC(=O)c1cc(C)n(C)c1C. The molecule has 0 fully saturated rings. The molecular weight excluding hydrogens is 382 g/mol. The minimum absolute atomic E-state index is 0.0244. The molecule has 0 unspecified atom stereocenters. The molecule has 0 bridgehead atoms. The van der Waals surface area contributed by atoms with E-state index in [1.54, 1.807) is 11.9 Å². The lowest BCUT2D eigenvalue weighted by Gasteiger charge is -2.16. The van der Waals surface area contributed by atoms with Crippen molar-refractivity contribution in [2.24, 2.45) is 7.05 Å². The Labute approximate surface area is 157 Å². The number of carbonyl (C=O) groups excluding carboxylic acids is 2. The Bertz CT molecular complexity index is 811. The second-order valence-electron chi connectivity index (χ2n) is 6.45. The lowest BCUT2D eigenvalue weighted by Crippen LogP contribution is -2.34. The molecule has 0 radical (unpaired) electrons. The lowest BCUT2D eigenvalue weighted by molar-refractivity contribution is -0.116. The average Bonchev–Trinajstić information content (AvgIpc) is 2.77. The van der Waals surface area contributed by atoms with Gasteiger partial charge in [-0.15, -0.1) is 0 Å². The van der Waals surface area contributed by atoms with Crippen molar-refractivity contribution in [1.82, 2.24) is 9.47 Å². The zero-order valence-electron chi connectivity index (χ0n) is 15.3. The molecule has 1 aromatic carbocycles. The summed E-state index contributed by atoms with van der Waals surface area (Å²) < 4.78 is 2.97. The molecule has 1 aromatic heterocycles. The van der Waals surface area contributed by atoms with Crippen LogP contribution < -0.4 is 5.32 Å². The smallest absolute Gasteiger partial charge is 0.238 e. The third-order valence-electron chi connectivity index (χ3n) is 4.37. The summed E-state index contributed by atoms with van der Waals surface area (Å²) in [6.45, 7) is 6.21. The van der Waals surface area contributed by atoms with Crippen LogP contribution in [0.2, 0.25) is 0 Å². The Morgan fingerprint density at radius 1 is 1.16 bits per heavy atom. The van der Waals surface area contributed by atoms with Gasteiger partial charge in [-0.1, -0.05) is 15.9 Å². The predicted molar refractivity (Wildman–Crippen MR) is 104 cm³/mol. The average molecular weight is 406 g/mol. The molecule has 1 amide bonds. The molecule has 5 nitrogen and oxygen atoms in total. The highest BCUT2D eigenvalue weighted by atomic mass is 79.9. The number of rotatable bonds is 6. The maximum Gasteiger partial charge on any atom is 0.238 e. The van der Waals surface area contributed by atoms with Gasteiger partial charge in [0.1, 0.15) is 0 Å². The highest BCUT2D eigenvalue weighted by molar-refractivity contribution is 9.10. The van der Waals surface area contributed by atoms with Crippen molar-refractivity contribution in [1.29, 1.82) is 0 Å². The third kappa shape index (κ3) is 4.80. The van der Waals surface area contributed by atoms with Gasteiger partial charge < -0.3 is 9.88 Å². The van der Waals surface area contributed by atoms with E-state index in [1.807, 2.05) is 56.7 Å². The summed E-state index contributed by atoms with van der Waals surface area (Å²) in [6, 6.07) is 7.59. The van der Waals surface area contributed by atoms with E-state index >= 15 is 0 Å². The maximum atomic E-state index is 12.5. The summed E-state index contributed by atoms with van der Waals surface area (Å²) in [7, 11) is 3.72. The van der Waals surface area contributed by atoms with Crippen LogP contribution in [-0.4, -0.2) is 41.3 Å². The topological polar surface area (TPSA) is 54.3 Å². The standard InChI is InChI=1S/C19H24BrN3O2/c1-12-8-15(20)6-7-17(12)21-19(25)11-22(4)10-18(24)16-9-13(2)23(5)14(16)3/h6-9H,10-11H2,1-5H3,(H,21,25). The number of aryl methyl sites for hydroxylation is 2. The van der Waals surface area contributed by atoms with Crippen LogP contribution in [0.25, 0.3) is 0 Å². The molecule has 2 rings (SSSR count). The molecule has 6 heteroatoms. The van der Waals surface area contributed by atoms with Crippen molar-refractivity contribution < 1.29 is 9.59 Å². The van der Waals surface area contributed by atoms with E-state index in [9.17, 15) is 9.59 Å². The van der Waals surface area contributed by atoms with Crippen molar-refractivity contribution in [2.45, 2.75) is 20.8 Å². The molecule has 1 heterocycles. The molecule has 0 aliphatic rings. The van der Waals surface area contributed by atoms with E-state index in [1.165, 1.54) is 0 Å². The van der Waals surface area contributed by atoms with Crippen LogP contribution in [0, 0.1) is 20.8 Å². The number of ketones is 1. The van der Waals surface area contributed by atoms with Crippen molar-refractivity contribution in [3.8, 4) is 0 Å². The third-order valence-corrected chi connectivity index (χ3v) is 4.86. The van der Waals surface area contributed by atoms with Gasteiger partial charge in [-0.25, -0.2) is 0 Å². The molecule has 0 aliphatic heterocycles. The first-order chi connectivity index (χ1) is 11.7. The highest BCUT2D eigenvalue weighted by Gasteiger charge is 2.17. The summed E-state index contributed by atoms with van der Waals surface area (Å²) in [6.07, 6.45) is 0. The summed E-state index contributed by atoms with van der Waals surface area (Å²) in [5.41, 5.74) is 4.48. The molecule has 2 aromatic rings. The number of hydrogen-bond acceptors (Lipinski definition) is 3. The van der Waals surface area contributed by atoms with Crippen LogP contribution in [0.4, 0.5) is 5.69 Å². The van der Waals surface area contributed by atoms with Crippen LogP contribution in [0.1, 0.15) is 27.3 Å². The minimum Gasteiger partial charge on any atom is -0.351 e.